The Balaban J connectivity index is 2.20. The summed E-state index contributed by atoms with van der Waals surface area (Å²) >= 11 is 1.83. The van der Waals surface area contributed by atoms with E-state index >= 15 is 0 Å². The van der Waals surface area contributed by atoms with Crippen molar-refractivity contribution in [3.63, 3.8) is 0 Å². The van der Waals surface area contributed by atoms with Crippen molar-refractivity contribution in [2.45, 2.75) is 11.8 Å². The standard InChI is InChI=1S/C11H14N4S/c1-2-16-9-5-3-8(4-6-9)10-7-13-11(14-10)15-12/h3-7H,2,12H2,1H3,(H2,13,14,15). The van der Waals surface area contributed by atoms with Gasteiger partial charge in [-0.15, -0.1) is 11.8 Å². The molecule has 0 aliphatic rings. The Hall–Kier alpha value is -1.46. The molecule has 0 aliphatic heterocycles. The van der Waals surface area contributed by atoms with Crippen LogP contribution in [0, 0.1) is 0 Å². The average molecular weight is 234 g/mol. The van der Waals surface area contributed by atoms with Gasteiger partial charge in [0.1, 0.15) is 0 Å². The third-order valence-electron chi connectivity index (χ3n) is 2.19. The van der Waals surface area contributed by atoms with Crippen LogP contribution in [0.4, 0.5) is 5.95 Å². The van der Waals surface area contributed by atoms with E-state index in [-0.39, 0.29) is 0 Å². The summed E-state index contributed by atoms with van der Waals surface area (Å²) in [5.41, 5.74) is 4.54. The highest BCUT2D eigenvalue weighted by molar-refractivity contribution is 7.99. The third-order valence-corrected chi connectivity index (χ3v) is 3.08. The van der Waals surface area contributed by atoms with Crippen LogP contribution in [0.3, 0.4) is 0 Å². The fraction of sp³-hybridized carbons (Fsp3) is 0.182. The highest BCUT2D eigenvalue weighted by Crippen LogP contribution is 2.23. The molecule has 1 heterocycles. The lowest BCUT2D eigenvalue weighted by Crippen LogP contribution is -2.07. The molecule has 0 bridgehead atoms. The molecule has 0 unspecified atom stereocenters. The summed E-state index contributed by atoms with van der Waals surface area (Å²) in [5.74, 6) is 6.92. The lowest BCUT2D eigenvalue weighted by atomic mass is 10.2. The number of nitrogens with zero attached hydrogens (tertiary/aromatic N) is 1. The van der Waals surface area contributed by atoms with E-state index in [1.807, 2.05) is 11.8 Å². The molecule has 0 spiro atoms. The van der Waals surface area contributed by atoms with E-state index in [4.69, 9.17) is 5.84 Å². The van der Waals surface area contributed by atoms with Crippen molar-refractivity contribution in [3.05, 3.63) is 30.5 Å². The zero-order valence-electron chi connectivity index (χ0n) is 9.03. The minimum absolute atomic E-state index is 0.571. The lowest BCUT2D eigenvalue weighted by molar-refractivity contribution is 1.20. The minimum Gasteiger partial charge on any atom is -0.323 e. The lowest BCUT2D eigenvalue weighted by Gasteiger charge is -2.00. The van der Waals surface area contributed by atoms with Crippen molar-refractivity contribution < 1.29 is 0 Å². The van der Waals surface area contributed by atoms with Gasteiger partial charge in [-0.1, -0.05) is 19.1 Å². The first-order valence-electron chi connectivity index (χ1n) is 5.08. The molecule has 0 fully saturated rings. The molecular formula is C11H14N4S. The highest BCUT2D eigenvalue weighted by atomic mass is 32.2. The number of hydrogen-bond donors (Lipinski definition) is 3. The quantitative estimate of drug-likeness (QED) is 0.432. The van der Waals surface area contributed by atoms with Crippen LogP contribution in [0.25, 0.3) is 11.3 Å². The molecule has 0 amide bonds. The average Bonchev–Trinajstić information content (AvgIpc) is 2.79. The maximum Gasteiger partial charge on any atom is 0.215 e. The molecule has 0 saturated carbocycles. The van der Waals surface area contributed by atoms with E-state index in [0.717, 1.165) is 17.0 Å². The summed E-state index contributed by atoms with van der Waals surface area (Å²) in [6.07, 6.45) is 1.76. The molecule has 0 aliphatic carbocycles. The van der Waals surface area contributed by atoms with E-state index in [1.165, 1.54) is 4.90 Å². The van der Waals surface area contributed by atoms with Crippen molar-refractivity contribution in [2.75, 3.05) is 11.2 Å². The number of anilines is 1. The highest BCUT2D eigenvalue weighted by Gasteiger charge is 2.01. The van der Waals surface area contributed by atoms with Crippen molar-refractivity contribution in [1.29, 1.82) is 0 Å². The Morgan fingerprint density at radius 2 is 2.12 bits per heavy atom. The van der Waals surface area contributed by atoms with Crippen LogP contribution in [-0.2, 0) is 0 Å². The van der Waals surface area contributed by atoms with Gasteiger partial charge in [0.2, 0.25) is 5.95 Å². The van der Waals surface area contributed by atoms with Gasteiger partial charge in [-0.25, -0.2) is 10.8 Å². The van der Waals surface area contributed by atoms with Crippen LogP contribution in [-0.4, -0.2) is 15.7 Å². The Morgan fingerprint density at radius 3 is 2.69 bits per heavy atom. The van der Waals surface area contributed by atoms with Crippen LogP contribution >= 0.6 is 11.8 Å². The number of benzene rings is 1. The first kappa shape index (κ1) is 11.0. The van der Waals surface area contributed by atoms with Crippen LogP contribution in [0.1, 0.15) is 6.92 Å². The number of imidazole rings is 1. The number of hydrogen-bond acceptors (Lipinski definition) is 4. The Bertz CT molecular complexity index is 449. The van der Waals surface area contributed by atoms with Gasteiger partial charge in [0.25, 0.3) is 0 Å². The number of aromatic nitrogens is 2. The number of H-pyrrole nitrogens is 1. The molecule has 4 N–H and O–H groups in total. The van der Waals surface area contributed by atoms with Gasteiger partial charge in [-0.2, -0.15) is 0 Å². The zero-order valence-corrected chi connectivity index (χ0v) is 9.84. The van der Waals surface area contributed by atoms with E-state index in [2.05, 4.69) is 46.6 Å². The summed E-state index contributed by atoms with van der Waals surface area (Å²) in [7, 11) is 0. The van der Waals surface area contributed by atoms with Gasteiger partial charge in [-0.3, -0.25) is 5.43 Å². The first-order valence-corrected chi connectivity index (χ1v) is 6.07. The number of nitrogen functional groups attached to an aromatic ring is 1. The Labute approximate surface area is 98.6 Å². The van der Waals surface area contributed by atoms with E-state index < -0.39 is 0 Å². The first-order chi connectivity index (χ1) is 7.83. The van der Waals surface area contributed by atoms with Gasteiger partial charge in [0.05, 0.1) is 11.9 Å². The Morgan fingerprint density at radius 1 is 1.38 bits per heavy atom. The fourth-order valence-electron chi connectivity index (χ4n) is 1.44. The van der Waals surface area contributed by atoms with Crippen molar-refractivity contribution in [2.24, 2.45) is 5.84 Å². The summed E-state index contributed by atoms with van der Waals surface area (Å²) in [6.45, 7) is 2.15. The topological polar surface area (TPSA) is 66.7 Å². The molecule has 2 aromatic rings. The minimum atomic E-state index is 0.571. The van der Waals surface area contributed by atoms with Gasteiger partial charge in [0, 0.05) is 4.90 Å². The molecule has 1 aromatic carbocycles. The van der Waals surface area contributed by atoms with Crippen molar-refractivity contribution in [1.82, 2.24) is 9.97 Å². The second-order valence-corrected chi connectivity index (χ2v) is 4.58. The summed E-state index contributed by atoms with van der Waals surface area (Å²) < 4.78 is 0. The molecule has 0 radical (unpaired) electrons. The number of thioether (sulfide) groups is 1. The summed E-state index contributed by atoms with van der Waals surface area (Å²) in [4.78, 5) is 8.43. The normalized spacial score (nSPS) is 10.4. The van der Waals surface area contributed by atoms with Gasteiger partial charge < -0.3 is 4.98 Å². The molecule has 2 rings (SSSR count). The fourth-order valence-corrected chi connectivity index (χ4v) is 2.10. The molecule has 84 valence electrons. The van der Waals surface area contributed by atoms with Crippen molar-refractivity contribution >= 4 is 17.7 Å². The number of hydrazine groups is 1. The molecule has 0 atom stereocenters. The van der Waals surface area contributed by atoms with E-state index in [1.54, 1.807) is 6.20 Å². The summed E-state index contributed by atoms with van der Waals surface area (Å²) in [5, 5.41) is 0. The second kappa shape index (κ2) is 5.05. The molecule has 0 saturated heterocycles. The Kier molecular flexibility index (Phi) is 3.48. The number of aromatic amines is 1. The van der Waals surface area contributed by atoms with Crippen LogP contribution < -0.4 is 11.3 Å². The van der Waals surface area contributed by atoms with Crippen LogP contribution in [0.15, 0.2) is 35.4 Å². The van der Waals surface area contributed by atoms with Gasteiger partial charge in [0.15, 0.2) is 0 Å². The second-order valence-electron chi connectivity index (χ2n) is 3.25. The monoisotopic (exact) mass is 234 g/mol. The molecule has 1 aromatic heterocycles. The number of rotatable bonds is 4. The summed E-state index contributed by atoms with van der Waals surface area (Å²) in [6, 6.07) is 8.37. The zero-order chi connectivity index (χ0) is 11.4. The van der Waals surface area contributed by atoms with E-state index in [0.29, 0.717) is 5.95 Å². The van der Waals surface area contributed by atoms with Crippen molar-refractivity contribution in [3.8, 4) is 11.3 Å². The van der Waals surface area contributed by atoms with Crippen LogP contribution in [0.5, 0.6) is 0 Å². The van der Waals surface area contributed by atoms with Crippen LogP contribution in [0.2, 0.25) is 0 Å². The molecule has 16 heavy (non-hydrogen) atoms. The largest absolute Gasteiger partial charge is 0.323 e. The smallest absolute Gasteiger partial charge is 0.215 e. The predicted octanol–water partition coefficient (Wildman–Crippen LogP) is 2.47. The van der Waals surface area contributed by atoms with E-state index in [9.17, 15) is 0 Å². The van der Waals surface area contributed by atoms with Gasteiger partial charge >= 0.3 is 0 Å². The number of nitrogens with two attached hydrogens (primary N) is 1. The molecule has 4 nitrogen and oxygen atoms in total. The maximum absolute atomic E-state index is 5.26. The SMILES string of the molecule is CCSc1ccc(-c2cnc(NN)[nH]2)cc1. The van der Waals surface area contributed by atoms with Gasteiger partial charge in [-0.05, 0) is 23.4 Å². The predicted molar refractivity (Wildman–Crippen MR) is 68.2 cm³/mol. The number of nitrogens with one attached hydrogen (secondary N) is 2. The third kappa shape index (κ3) is 2.37. The molecule has 5 heteroatoms. The maximum atomic E-state index is 5.26. The molecular weight excluding hydrogens is 220 g/mol.